The Labute approximate surface area is 153 Å². The lowest BCUT2D eigenvalue weighted by atomic mass is 9.97. The standard InChI is InChI=1S/C19H25N3O4/c1-3-13-4-6-14(7-5-13)19(24)22-10-15(12-23)16(11-22)18-20-17(21-26-18)8-9-25-2/h4-7,15-16,23H,3,8-12H2,1-2H3/t15-,16+/m0/s1. The molecule has 1 saturated heterocycles. The molecule has 1 aromatic carbocycles. The van der Waals surface area contributed by atoms with Gasteiger partial charge in [0.2, 0.25) is 5.89 Å². The van der Waals surface area contributed by atoms with Crippen molar-refractivity contribution in [1.29, 1.82) is 0 Å². The molecule has 0 saturated carbocycles. The van der Waals surface area contributed by atoms with E-state index in [1.807, 2.05) is 24.3 Å². The van der Waals surface area contributed by atoms with Crippen LogP contribution in [0.4, 0.5) is 0 Å². The molecular formula is C19H25N3O4. The highest BCUT2D eigenvalue weighted by atomic mass is 16.5. The minimum atomic E-state index is -0.150. The predicted molar refractivity (Wildman–Crippen MR) is 94.9 cm³/mol. The lowest BCUT2D eigenvalue weighted by molar-refractivity contribution is 0.0781. The van der Waals surface area contributed by atoms with Crippen molar-refractivity contribution in [3.63, 3.8) is 0 Å². The van der Waals surface area contributed by atoms with E-state index in [9.17, 15) is 9.90 Å². The molecule has 1 aromatic heterocycles. The summed E-state index contributed by atoms with van der Waals surface area (Å²) in [5.41, 5.74) is 1.86. The van der Waals surface area contributed by atoms with Crippen LogP contribution in [0, 0.1) is 5.92 Å². The number of nitrogens with zero attached hydrogens (tertiary/aromatic N) is 3. The van der Waals surface area contributed by atoms with Crippen LogP contribution in [0.15, 0.2) is 28.8 Å². The van der Waals surface area contributed by atoms with Crippen LogP contribution in [-0.2, 0) is 17.6 Å². The number of carbonyl (C=O) groups excluding carboxylic acids is 1. The lowest BCUT2D eigenvalue weighted by Gasteiger charge is -2.16. The second-order valence-corrected chi connectivity index (χ2v) is 6.60. The van der Waals surface area contributed by atoms with Gasteiger partial charge in [0.1, 0.15) is 0 Å². The van der Waals surface area contributed by atoms with Crippen LogP contribution in [0.5, 0.6) is 0 Å². The molecule has 0 spiro atoms. The molecule has 26 heavy (non-hydrogen) atoms. The van der Waals surface area contributed by atoms with Crippen LogP contribution >= 0.6 is 0 Å². The first-order valence-electron chi connectivity index (χ1n) is 8.96. The Morgan fingerprint density at radius 1 is 1.35 bits per heavy atom. The molecule has 1 aliphatic heterocycles. The number of aromatic nitrogens is 2. The summed E-state index contributed by atoms with van der Waals surface area (Å²) in [5, 5.41) is 13.7. The van der Waals surface area contributed by atoms with E-state index in [2.05, 4.69) is 17.1 Å². The number of ether oxygens (including phenoxy) is 1. The fourth-order valence-corrected chi connectivity index (χ4v) is 3.28. The van der Waals surface area contributed by atoms with E-state index in [1.54, 1.807) is 12.0 Å². The van der Waals surface area contributed by atoms with Gasteiger partial charge < -0.3 is 19.3 Å². The number of aliphatic hydroxyl groups is 1. The molecule has 2 atom stereocenters. The van der Waals surface area contributed by atoms with Crippen LogP contribution in [-0.4, -0.2) is 59.5 Å². The summed E-state index contributed by atoms with van der Waals surface area (Å²) in [6.07, 6.45) is 1.51. The number of amides is 1. The topological polar surface area (TPSA) is 88.7 Å². The van der Waals surface area contributed by atoms with Gasteiger partial charge >= 0.3 is 0 Å². The molecule has 2 heterocycles. The van der Waals surface area contributed by atoms with Gasteiger partial charge in [-0.25, -0.2) is 0 Å². The van der Waals surface area contributed by atoms with Crippen molar-refractivity contribution in [3.8, 4) is 0 Å². The predicted octanol–water partition coefficient (Wildman–Crippen LogP) is 1.67. The van der Waals surface area contributed by atoms with Gasteiger partial charge in [-0.05, 0) is 24.1 Å². The number of hydrogen-bond donors (Lipinski definition) is 1. The number of likely N-dealkylation sites (tertiary alicyclic amines) is 1. The average Bonchev–Trinajstić information content (AvgIpc) is 3.32. The van der Waals surface area contributed by atoms with Gasteiger partial charge in [0.25, 0.3) is 5.91 Å². The van der Waals surface area contributed by atoms with Gasteiger partial charge in [-0.1, -0.05) is 24.2 Å². The van der Waals surface area contributed by atoms with Gasteiger partial charge in [0.05, 0.1) is 12.5 Å². The molecule has 2 aromatic rings. The van der Waals surface area contributed by atoms with Crippen LogP contribution < -0.4 is 0 Å². The number of carbonyl (C=O) groups is 1. The van der Waals surface area contributed by atoms with Crippen molar-refractivity contribution in [3.05, 3.63) is 47.1 Å². The number of aryl methyl sites for hydroxylation is 1. The molecule has 140 valence electrons. The number of methoxy groups -OCH3 is 1. The van der Waals surface area contributed by atoms with E-state index in [0.29, 0.717) is 43.4 Å². The third-order valence-corrected chi connectivity index (χ3v) is 4.90. The van der Waals surface area contributed by atoms with Crippen molar-refractivity contribution in [2.45, 2.75) is 25.7 Å². The molecule has 1 amide bonds. The first-order chi connectivity index (χ1) is 12.7. The van der Waals surface area contributed by atoms with Crippen molar-refractivity contribution >= 4 is 5.91 Å². The van der Waals surface area contributed by atoms with Crippen molar-refractivity contribution in [1.82, 2.24) is 15.0 Å². The molecule has 1 aliphatic rings. The zero-order chi connectivity index (χ0) is 18.5. The summed E-state index contributed by atoms with van der Waals surface area (Å²) < 4.78 is 10.4. The molecular weight excluding hydrogens is 334 g/mol. The van der Waals surface area contributed by atoms with Crippen LogP contribution in [0.25, 0.3) is 0 Å². The van der Waals surface area contributed by atoms with E-state index in [4.69, 9.17) is 9.26 Å². The largest absolute Gasteiger partial charge is 0.396 e. The molecule has 7 nitrogen and oxygen atoms in total. The smallest absolute Gasteiger partial charge is 0.253 e. The van der Waals surface area contributed by atoms with Gasteiger partial charge in [-0.2, -0.15) is 4.98 Å². The molecule has 1 N–H and O–H groups in total. The number of rotatable bonds is 7. The first-order valence-corrected chi connectivity index (χ1v) is 8.96. The second-order valence-electron chi connectivity index (χ2n) is 6.60. The first kappa shape index (κ1) is 18.5. The minimum absolute atomic E-state index is 0.0288. The zero-order valence-electron chi connectivity index (χ0n) is 15.2. The second kappa shape index (κ2) is 8.42. The summed E-state index contributed by atoms with van der Waals surface area (Å²) in [7, 11) is 1.62. The zero-order valence-corrected chi connectivity index (χ0v) is 15.2. The molecule has 3 rings (SSSR count). The normalized spacial score (nSPS) is 19.9. The monoisotopic (exact) mass is 359 g/mol. The third-order valence-electron chi connectivity index (χ3n) is 4.90. The SMILES string of the molecule is CCc1ccc(C(=O)N2C[C@@H](CO)[C@H](c3nc(CCOC)no3)C2)cc1. The van der Waals surface area contributed by atoms with E-state index in [-0.39, 0.29) is 24.3 Å². The Morgan fingerprint density at radius 2 is 2.12 bits per heavy atom. The molecule has 0 bridgehead atoms. The summed E-state index contributed by atoms with van der Waals surface area (Å²) in [6.45, 7) is 3.51. The highest BCUT2D eigenvalue weighted by Crippen LogP contribution is 2.32. The number of aliphatic hydroxyl groups excluding tert-OH is 1. The third kappa shape index (κ3) is 3.94. The van der Waals surface area contributed by atoms with E-state index >= 15 is 0 Å². The van der Waals surface area contributed by atoms with Crippen LogP contribution in [0.2, 0.25) is 0 Å². The molecule has 1 fully saturated rings. The Kier molecular flexibility index (Phi) is 6.00. The van der Waals surface area contributed by atoms with E-state index in [0.717, 1.165) is 6.42 Å². The minimum Gasteiger partial charge on any atom is -0.396 e. The summed E-state index contributed by atoms with van der Waals surface area (Å²) >= 11 is 0. The van der Waals surface area contributed by atoms with Gasteiger partial charge in [-0.15, -0.1) is 0 Å². The highest BCUT2D eigenvalue weighted by Gasteiger charge is 2.39. The van der Waals surface area contributed by atoms with Crippen LogP contribution in [0.3, 0.4) is 0 Å². The maximum Gasteiger partial charge on any atom is 0.253 e. The fourth-order valence-electron chi connectivity index (χ4n) is 3.28. The van der Waals surface area contributed by atoms with Crippen LogP contribution in [0.1, 0.15) is 40.5 Å². The number of hydrogen-bond acceptors (Lipinski definition) is 6. The van der Waals surface area contributed by atoms with Gasteiger partial charge in [0, 0.05) is 44.7 Å². The van der Waals surface area contributed by atoms with E-state index in [1.165, 1.54) is 5.56 Å². The van der Waals surface area contributed by atoms with Gasteiger partial charge in [0.15, 0.2) is 5.82 Å². The molecule has 0 unspecified atom stereocenters. The van der Waals surface area contributed by atoms with Crippen molar-refractivity contribution in [2.75, 3.05) is 33.4 Å². The summed E-state index contributed by atoms with van der Waals surface area (Å²) in [6, 6.07) is 7.67. The van der Waals surface area contributed by atoms with Gasteiger partial charge in [-0.3, -0.25) is 4.79 Å². The van der Waals surface area contributed by atoms with Crippen molar-refractivity contribution in [2.24, 2.45) is 5.92 Å². The fraction of sp³-hybridized carbons (Fsp3) is 0.526. The highest BCUT2D eigenvalue weighted by molar-refractivity contribution is 5.94. The summed E-state index contributed by atoms with van der Waals surface area (Å²) in [4.78, 5) is 19.0. The number of benzene rings is 1. The Bertz CT molecular complexity index is 729. The molecule has 0 aliphatic carbocycles. The quantitative estimate of drug-likeness (QED) is 0.809. The Balaban J connectivity index is 1.71. The van der Waals surface area contributed by atoms with E-state index < -0.39 is 0 Å². The maximum absolute atomic E-state index is 12.8. The van der Waals surface area contributed by atoms with Crippen molar-refractivity contribution < 1.29 is 19.2 Å². The summed E-state index contributed by atoms with van der Waals surface area (Å²) in [5.74, 6) is 0.769. The molecule has 0 radical (unpaired) electrons. The lowest BCUT2D eigenvalue weighted by Crippen LogP contribution is -2.29. The average molecular weight is 359 g/mol. The maximum atomic E-state index is 12.8. The Morgan fingerprint density at radius 3 is 2.77 bits per heavy atom. The molecule has 7 heteroatoms. The Hall–Kier alpha value is -2.25.